The first-order valence-electron chi connectivity index (χ1n) is 17.2. The van der Waals surface area contributed by atoms with Crippen molar-refractivity contribution in [3.63, 3.8) is 0 Å². The van der Waals surface area contributed by atoms with Crippen LogP contribution in [0.15, 0.2) is 36.4 Å². The molecule has 1 saturated carbocycles. The smallest absolute Gasteiger partial charge is 0.246 e. The van der Waals surface area contributed by atoms with E-state index in [2.05, 4.69) is 26.2 Å². The molecule has 2 bridgehead atoms. The van der Waals surface area contributed by atoms with Crippen LogP contribution in [0, 0.1) is 0 Å². The minimum absolute atomic E-state index is 0.0263. The monoisotopic (exact) mass is 710 g/mol. The van der Waals surface area contributed by atoms with E-state index >= 15 is 0 Å². The van der Waals surface area contributed by atoms with Crippen molar-refractivity contribution >= 4 is 29.3 Å². The van der Waals surface area contributed by atoms with Gasteiger partial charge in [-0.05, 0) is 63.0 Å². The molecule has 2 aromatic rings. The Bertz CT molecular complexity index is 1640. The van der Waals surface area contributed by atoms with Crippen LogP contribution >= 0.6 is 0 Å². The summed E-state index contributed by atoms with van der Waals surface area (Å²) in [7, 11) is 2.02. The zero-order chi connectivity index (χ0) is 36.2. The zero-order valence-corrected chi connectivity index (χ0v) is 28.6. The number of nitrogen functional groups attached to an aromatic ring is 1. The number of nitrogens with one attached hydrogen (secondary N) is 4. The van der Waals surface area contributed by atoms with Gasteiger partial charge in [0.15, 0.2) is 11.5 Å². The van der Waals surface area contributed by atoms with Crippen LogP contribution in [0.1, 0.15) is 30.4 Å². The number of benzene rings is 2. The Kier molecular flexibility index (Phi) is 10.9. The highest BCUT2D eigenvalue weighted by molar-refractivity contribution is 5.81. The Morgan fingerprint density at radius 1 is 0.941 bits per heavy atom. The van der Waals surface area contributed by atoms with Gasteiger partial charge < -0.3 is 61.1 Å². The number of amides is 4. The van der Waals surface area contributed by atoms with Crippen LogP contribution in [-0.4, -0.2) is 129 Å². The highest BCUT2D eigenvalue weighted by Gasteiger charge is 2.72. The molecular weight excluding hydrogens is 664 g/mol. The molecule has 1 saturated heterocycles. The second-order valence-electron chi connectivity index (χ2n) is 13.5. The average Bonchev–Trinajstić information content (AvgIpc) is 3.46. The van der Waals surface area contributed by atoms with Crippen LogP contribution in [0.4, 0.5) is 5.69 Å². The number of hydrogen-bond donors (Lipinski definition) is 7. The summed E-state index contributed by atoms with van der Waals surface area (Å²) < 4.78 is 22.4. The predicted octanol–water partition coefficient (Wildman–Crippen LogP) is -1.30. The first-order valence-corrected chi connectivity index (χ1v) is 17.2. The van der Waals surface area contributed by atoms with Crippen LogP contribution in [0.2, 0.25) is 0 Å². The minimum Gasteiger partial charge on any atom is -0.504 e. The highest BCUT2D eigenvalue weighted by Crippen LogP contribution is 2.65. The third kappa shape index (κ3) is 7.40. The second-order valence-corrected chi connectivity index (χ2v) is 13.5. The minimum atomic E-state index is -1.06. The quantitative estimate of drug-likeness (QED) is 0.0799. The van der Waals surface area contributed by atoms with Gasteiger partial charge in [-0.1, -0.05) is 12.1 Å². The number of phenols is 1. The van der Waals surface area contributed by atoms with Gasteiger partial charge in [-0.15, -0.1) is 0 Å². The van der Waals surface area contributed by atoms with Crippen molar-refractivity contribution in [1.29, 1.82) is 0 Å². The summed E-state index contributed by atoms with van der Waals surface area (Å²) in [5.41, 5.74) is 6.36. The fourth-order valence-corrected chi connectivity index (χ4v) is 8.14. The van der Waals surface area contributed by atoms with Gasteiger partial charge in [0.05, 0.1) is 23.6 Å². The number of carbonyl (C=O) groups is 4. The SMILES string of the molecule is CN1CC[C@]23c4c5ccc(O)c4O[C@H]2[C@@H](NC(=O)COCC(=O)NCCNC(=O)COCC(=O)NCCOc2cccc(N)c2)CC[C@@]3(O)[C@H]1C5. The standard InChI is InChI=1S/C35H46N6O10/c1-41-13-9-34-31-21-5-6-25(42)32(31)51-33(34)24(7-8-35(34,47)26(41)15-21)40-30(46)20-49-18-28(44)38-11-10-37-27(43)17-48-19-29(45)39-12-14-50-23-4-2-3-22(36)16-23/h2-6,16,24,26,33,42,47H,7-15,17-20,36H2,1H3,(H,37,43)(H,38,44)(H,39,45)(H,40,46)/t24-,26+,33-,34-,35+/m0/s1. The third-order valence-electron chi connectivity index (χ3n) is 10.3. The molecule has 2 fully saturated rings. The molecule has 2 aliphatic heterocycles. The number of likely N-dealkylation sites (tertiary alicyclic amines) is 1. The first kappa shape index (κ1) is 36.2. The molecule has 2 heterocycles. The van der Waals surface area contributed by atoms with Crippen molar-refractivity contribution in [3.8, 4) is 17.2 Å². The zero-order valence-electron chi connectivity index (χ0n) is 28.6. The summed E-state index contributed by atoms with van der Waals surface area (Å²) >= 11 is 0. The number of nitrogens with two attached hydrogens (primary N) is 1. The molecule has 8 N–H and O–H groups in total. The van der Waals surface area contributed by atoms with Gasteiger partial charge in [-0.3, -0.25) is 19.2 Å². The number of aromatic hydroxyl groups is 1. The maximum absolute atomic E-state index is 12.9. The molecule has 2 aromatic carbocycles. The summed E-state index contributed by atoms with van der Waals surface area (Å²) in [6.45, 7) is 0.110. The van der Waals surface area contributed by atoms with E-state index in [0.717, 1.165) is 17.7 Å². The van der Waals surface area contributed by atoms with E-state index in [9.17, 15) is 29.4 Å². The summed E-state index contributed by atoms with van der Waals surface area (Å²) in [4.78, 5) is 51.2. The molecule has 4 amide bonds. The van der Waals surface area contributed by atoms with Gasteiger partial charge in [-0.25, -0.2) is 0 Å². The van der Waals surface area contributed by atoms with Gasteiger partial charge >= 0.3 is 0 Å². The Labute approximate surface area is 295 Å². The normalized spacial score (nSPS) is 25.6. The van der Waals surface area contributed by atoms with E-state index in [-0.39, 0.29) is 64.5 Å². The van der Waals surface area contributed by atoms with Gasteiger partial charge in [0.1, 0.15) is 44.9 Å². The summed E-state index contributed by atoms with van der Waals surface area (Å²) in [5, 5.41) is 33.7. The molecule has 0 radical (unpaired) electrons. The molecule has 16 heteroatoms. The first-order chi connectivity index (χ1) is 24.5. The van der Waals surface area contributed by atoms with Crippen LogP contribution in [0.3, 0.4) is 0 Å². The Balaban J connectivity index is 0.846. The summed E-state index contributed by atoms with van der Waals surface area (Å²) in [6.07, 6.45) is 1.67. The number of likely N-dealkylation sites (N-methyl/N-ethyl adjacent to an activating group) is 1. The third-order valence-corrected chi connectivity index (χ3v) is 10.3. The second kappa shape index (κ2) is 15.3. The Hall–Kier alpha value is -4.64. The predicted molar refractivity (Wildman–Crippen MR) is 182 cm³/mol. The van der Waals surface area contributed by atoms with E-state index in [1.807, 2.05) is 13.1 Å². The maximum Gasteiger partial charge on any atom is 0.246 e. The molecule has 1 spiro atoms. The number of ether oxygens (including phenoxy) is 4. The van der Waals surface area contributed by atoms with Gasteiger partial charge in [0.25, 0.3) is 0 Å². The fraction of sp³-hybridized carbons (Fsp3) is 0.543. The lowest BCUT2D eigenvalue weighted by atomic mass is 9.48. The lowest BCUT2D eigenvalue weighted by molar-refractivity contribution is -0.187. The van der Waals surface area contributed by atoms with Gasteiger partial charge in [0, 0.05) is 36.4 Å². The largest absolute Gasteiger partial charge is 0.504 e. The number of anilines is 1. The van der Waals surface area contributed by atoms with Crippen LogP contribution in [-0.2, 0) is 40.5 Å². The van der Waals surface area contributed by atoms with Crippen molar-refractivity contribution in [2.75, 3.05) is 72.0 Å². The number of rotatable bonds is 16. The van der Waals surface area contributed by atoms with Crippen molar-refractivity contribution in [3.05, 3.63) is 47.5 Å². The molecule has 4 aliphatic rings. The number of hydrogen-bond acceptors (Lipinski definition) is 12. The Morgan fingerprint density at radius 2 is 1.61 bits per heavy atom. The number of piperidine rings is 1. The molecule has 276 valence electrons. The number of nitrogens with zero attached hydrogens (tertiary/aromatic N) is 1. The van der Waals surface area contributed by atoms with Crippen molar-refractivity contribution in [1.82, 2.24) is 26.2 Å². The lowest BCUT2D eigenvalue weighted by Crippen LogP contribution is -2.77. The fourth-order valence-electron chi connectivity index (χ4n) is 8.14. The lowest BCUT2D eigenvalue weighted by Gasteiger charge is -2.63. The summed E-state index contributed by atoms with van der Waals surface area (Å²) in [5.74, 6) is -0.738. The van der Waals surface area contributed by atoms with E-state index in [4.69, 9.17) is 24.7 Å². The molecular formula is C35H46N6O10. The Morgan fingerprint density at radius 3 is 2.29 bits per heavy atom. The maximum atomic E-state index is 12.9. The highest BCUT2D eigenvalue weighted by atomic mass is 16.5. The van der Waals surface area contributed by atoms with E-state index in [1.54, 1.807) is 30.3 Å². The molecule has 16 nitrogen and oxygen atoms in total. The van der Waals surface area contributed by atoms with Gasteiger partial charge in [0.2, 0.25) is 23.6 Å². The van der Waals surface area contributed by atoms with E-state index < -0.39 is 46.8 Å². The van der Waals surface area contributed by atoms with E-state index in [0.29, 0.717) is 42.9 Å². The van der Waals surface area contributed by atoms with Gasteiger partial charge in [-0.2, -0.15) is 0 Å². The van der Waals surface area contributed by atoms with E-state index in [1.165, 1.54) is 0 Å². The molecule has 0 unspecified atom stereocenters. The van der Waals surface area contributed by atoms with Crippen LogP contribution in [0.5, 0.6) is 17.2 Å². The summed E-state index contributed by atoms with van der Waals surface area (Å²) in [6, 6.07) is 9.94. The topological polar surface area (TPSA) is 223 Å². The van der Waals surface area contributed by atoms with Crippen molar-refractivity contribution < 1.29 is 48.3 Å². The molecule has 6 rings (SSSR count). The number of carbonyl (C=O) groups excluding carboxylic acids is 4. The number of phenolic OH excluding ortho intramolecular Hbond substituents is 1. The average molecular weight is 711 g/mol. The molecule has 51 heavy (non-hydrogen) atoms. The van der Waals surface area contributed by atoms with Crippen molar-refractivity contribution in [2.24, 2.45) is 0 Å². The molecule has 0 aromatic heterocycles. The number of aliphatic hydroxyl groups is 1. The van der Waals surface area contributed by atoms with Crippen LogP contribution in [0.25, 0.3) is 0 Å². The van der Waals surface area contributed by atoms with Crippen LogP contribution < -0.4 is 36.5 Å². The molecule has 2 aliphatic carbocycles. The van der Waals surface area contributed by atoms with Crippen molar-refractivity contribution in [2.45, 2.75) is 54.9 Å². The molecule has 5 atom stereocenters.